The quantitative estimate of drug-likeness (QED) is 0.713. The van der Waals surface area contributed by atoms with Crippen molar-refractivity contribution in [2.24, 2.45) is 0 Å². The molecule has 1 atom stereocenters. The number of hydrogen-bond donors (Lipinski definition) is 1. The van der Waals surface area contributed by atoms with E-state index in [9.17, 15) is 9.59 Å². The third kappa shape index (κ3) is 4.76. The van der Waals surface area contributed by atoms with Crippen LogP contribution in [0.2, 0.25) is 0 Å². The van der Waals surface area contributed by atoms with Gasteiger partial charge in [0.1, 0.15) is 16.9 Å². The molecule has 2 aromatic rings. The Morgan fingerprint density at radius 3 is 2.55 bits per heavy atom. The van der Waals surface area contributed by atoms with Crippen LogP contribution in [0.1, 0.15) is 28.2 Å². The molecule has 2 amide bonds. The molecule has 0 radical (unpaired) electrons. The highest BCUT2D eigenvalue weighted by Gasteiger charge is 2.33. The van der Waals surface area contributed by atoms with Gasteiger partial charge in [-0.05, 0) is 49.4 Å². The van der Waals surface area contributed by atoms with E-state index in [0.717, 1.165) is 11.3 Å². The molecule has 0 saturated carbocycles. The average molecular weight is 416 g/mol. The Bertz CT molecular complexity index is 872. The maximum atomic E-state index is 12.9. The van der Waals surface area contributed by atoms with Crippen LogP contribution in [-0.2, 0) is 4.74 Å². The van der Waals surface area contributed by atoms with Crippen molar-refractivity contribution in [2.45, 2.75) is 12.3 Å². The maximum absolute atomic E-state index is 12.9. The minimum atomic E-state index is -0.383. The van der Waals surface area contributed by atoms with E-state index >= 15 is 0 Å². The molecule has 1 N–H and O–H groups in total. The summed E-state index contributed by atoms with van der Waals surface area (Å²) in [5.74, 6) is 1.86. The maximum Gasteiger partial charge on any atom is 0.338 e. The first kappa shape index (κ1) is 20.9. The highest BCUT2D eigenvalue weighted by molar-refractivity contribution is 7.99. The van der Waals surface area contributed by atoms with Crippen LogP contribution in [0.25, 0.3) is 0 Å². The number of nitrogens with zero attached hydrogens (tertiary/aromatic N) is 1. The minimum Gasteiger partial charge on any atom is -0.497 e. The molecule has 1 saturated heterocycles. The van der Waals surface area contributed by atoms with Gasteiger partial charge in [0.25, 0.3) is 0 Å². The number of nitrogens with one attached hydrogen (secondary N) is 1. The van der Waals surface area contributed by atoms with E-state index in [1.807, 2.05) is 18.2 Å². The summed E-state index contributed by atoms with van der Waals surface area (Å²) in [6.07, 6.45) is 0. The van der Waals surface area contributed by atoms with Gasteiger partial charge in [-0.25, -0.2) is 9.59 Å². The molecule has 3 rings (SSSR count). The molecular formula is C21H24N2O5S. The van der Waals surface area contributed by atoms with Crippen molar-refractivity contribution in [3.63, 3.8) is 0 Å². The minimum absolute atomic E-state index is 0.182. The highest BCUT2D eigenvalue weighted by Crippen LogP contribution is 2.43. The van der Waals surface area contributed by atoms with Crippen LogP contribution in [0, 0.1) is 0 Å². The van der Waals surface area contributed by atoms with E-state index in [4.69, 9.17) is 14.2 Å². The van der Waals surface area contributed by atoms with Crippen LogP contribution >= 0.6 is 11.8 Å². The van der Waals surface area contributed by atoms with Gasteiger partial charge in [0.2, 0.25) is 0 Å². The summed E-state index contributed by atoms with van der Waals surface area (Å²) < 4.78 is 15.8. The van der Waals surface area contributed by atoms with E-state index in [-0.39, 0.29) is 17.4 Å². The summed E-state index contributed by atoms with van der Waals surface area (Å²) in [6.45, 7) is 2.69. The number of hydrogen-bond acceptors (Lipinski definition) is 6. The van der Waals surface area contributed by atoms with Gasteiger partial charge in [-0.1, -0.05) is 0 Å². The van der Waals surface area contributed by atoms with Gasteiger partial charge in [0.15, 0.2) is 0 Å². The fourth-order valence-corrected chi connectivity index (χ4v) is 4.34. The van der Waals surface area contributed by atoms with E-state index in [2.05, 4.69) is 5.32 Å². The third-order valence-electron chi connectivity index (χ3n) is 4.50. The fourth-order valence-electron chi connectivity index (χ4n) is 3.07. The summed E-state index contributed by atoms with van der Waals surface area (Å²) in [5.41, 5.74) is 1.94. The van der Waals surface area contributed by atoms with Crippen LogP contribution in [0.5, 0.6) is 11.5 Å². The lowest BCUT2D eigenvalue weighted by Crippen LogP contribution is -2.34. The van der Waals surface area contributed by atoms with Crippen LogP contribution in [0.3, 0.4) is 0 Å². The number of methoxy groups -OCH3 is 2. The van der Waals surface area contributed by atoms with Crippen molar-refractivity contribution in [3.8, 4) is 11.5 Å². The SMILES string of the molecule is CCOC(=O)c1ccc(NC(=O)N2CCS[C@@H]2c2cc(OC)ccc2OC)cc1. The van der Waals surface area contributed by atoms with Crippen molar-refractivity contribution in [2.75, 3.05) is 38.4 Å². The average Bonchev–Trinajstić information content (AvgIpc) is 3.24. The third-order valence-corrected chi connectivity index (χ3v) is 5.74. The Hall–Kier alpha value is -2.87. The van der Waals surface area contributed by atoms with Gasteiger partial charge < -0.3 is 24.4 Å². The van der Waals surface area contributed by atoms with Crippen molar-refractivity contribution in [1.29, 1.82) is 0 Å². The van der Waals surface area contributed by atoms with Crippen molar-refractivity contribution >= 4 is 29.4 Å². The van der Waals surface area contributed by atoms with Crippen LogP contribution in [-0.4, -0.2) is 50.0 Å². The van der Waals surface area contributed by atoms with E-state index in [1.165, 1.54) is 0 Å². The summed E-state index contributed by atoms with van der Waals surface area (Å²) in [5, 5.41) is 2.72. The second kappa shape index (κ2) is 9.56. The first-order valence-corrected chi connectivity index (χ1v) is 10.3. The topological polar surface area (TPSA) is 77.1 Å². The largest absolute Gasteiger partial charge is 0.497 e. The summed E-state index contributed by atoms with van der Waals surface area (Å²) >= 11 is 1.67. The Labute approximate surface area is 174 Å². The molecule has 1 aliphatic rings. The molecule has 1 aliphatic heterocycles. The second-order valence-corrected chi connectivity index (χ2v) is 7.44. The zero-order valence-corrected chi connectivity index (χ0v) is 17.5. The summed E-state index contributed by atoms with van der Waals surface area (Å²) in [6, 6.07) is 12.0. The van der Waals surface area contributed by atoms with Gasteiger partial charge in [-0.3, -0.25) is 0 Å². The summed E-state index contributed by atoms with van der Waals surface area (Å²) in [7, 11) is 3.22. The number of ether oxygens (including phenoxy) is 3. The molecule has 0 aromatic heterocycles. The second-order valence-electron chi connectivity index (χ2n) is 6.25. The standard InChI is InChI=1S/C21H24N2O5S/c1-4-28-20(24)14-5-7-15(8-6-14)22-21(25)23-11-12-29-19(23)17-13-16(26-2)9-10-18(17)27-3/h5-10,13,19H,4,11-12H2,1-3H3,(H,22,25)/t19-/m1/s1. The molecule has 29 heavy (non-hydrogen) atoms. The lowest BCUT2D eigenvalue weighted by molar-refractivity contribution is 0.0526. The van der Waals surface area contributed by atoms with Crippen molar-refractivity contribution < 1.29 is 23.8 Å². The number of carbonyl (C=O) groups excluding carboxylic acids is 2. The van der Waals surface area contributed by atoms with Crippen molar-refractivity contribution in [1.82, 2.24) is 4.90 Å². The molecule has 8 heteroatoms. The molecular weight excluding hydrogens is 392 g/mol. The number of rotatable bonds is 6. The molecule has 1 fully saturated rings. The monoisotopic (exact) mass is 416 g/mol. The molecule has 154 valence electrons. The zero-order valence-electron chi connectivity index (χ0n) is 16.6. The first-order valence-electron chi connectivity index (χ1n) is 9.25. The Morgan fingerprint density at radius 2 is 1.90 bits per heavy atom. The number of amides is 2. The molecule has 0 bridgehead atoms. The molecule has 7 nitrogen and oxygen atoms in total. The van der Waals surface area contributed by atoms with Gasteiger partial charge in [0, 0.05) is 23.5 Å². The predicted molar refractivity (Wildman–Crippen MR) is 113 cm³/mol. The van der Waals surface area contributed by atoms with E-state index in [1.54, 1.807) is 62.1 Å². The first-order chi connectivity index (χ1) is 14.1. The smallest absolute Gasteiger partial charge is 0.338 e. The number of anilines is 1. The number of esters is 1. The van der Waals surface area contributed by atoms with Crippen LogP contribution in [0.4, 0.5) is 10.5 Å². The van der Waals surface area contributed by atoms with Crippen LogP contribution < -0.4 is 14.8 Å². The highest BCUT2D eigenvalue weighted by atomic mass is 32.2. The Balaban J connectivity index is 1.75. The van der Waals surface area contributed by atoms with Gasteiger partial charge >= 0.3 is 12.0 Å². The number of carbonyl (C=O) groups is 2. The number of thioether (sulfide) groups is 1. The molecule has 0 unspecified atom stereocenters. The number of urea groups is 1. The van der Waals surface area contributed by atoms with Gasteiger partial charge in [-0.15, -0.1) is 11.8 Å². The molecule has 2 aromatic carbocycles. The zero-order chi connectivity index (χ0) is 20.8. The molecule has 0 spiro atoms. The lowest BCUT2D eigenvalue weighted by Gasteiger charge is -2.26. The normalized spacial score (nSPS) is 15.7. The van der Waals surface area contributed by atoms with Gasteiger partial charge in [-0.2, -0.15) is 0 Å². The Kier molecular flexibility index (Phi) is 6.87. The predicted octanol–water partition coefficient (Wildman–Crippen LogP) is 4.16. The summed E-state index contributed by atoms with van der Waals surface area (Å²) in [4.78, 5) is 26.4. The lowest BCUT2D eigenvalue weighted by atomic mass is 10.1. The molecule has 0 aliphatic carbocycles. The van der Waals surface area contributed by atoms with E-state index in [0.29, 0.717) is 35.9 Å². The van der Waals surface area contributed by atoms with Gasteiger partial charge in [0.05, 0.1) is 26.4 Å². The van der Waals surface area contributed by atoms with Crippen LogP contribution in [0.15, 0.2) is 42.5 Å². The number of benzene rings is 2. The van der Waals surface area contributed by atoms with Crippen molar-refractivity contribution in [3.05, 3.63) is 53.6 Å². The fraction of sp³-hybridized carbons (Fsp3) is 0.333. The van der Waals surface area contributed by atoms with E-state index < -0.39 is 0 Å². The molecule has 1 heterocycles. The Morgan fingerprint density at radius 1 is 1.14 bits per heavy atom.